The molecule has 0 spiro atoms. The number of thioether (sulfide) groups is 1. The molecule has 102 valence electrons. The van der Waals surface area contributed by atoms with Gasteiger partial charge in [-0.05, 0) is 31.2 Å². The van der Waals surface area contributed by atoms with Crippen LogP contribution in [-0.4, -0.2) is 32.4 Å². The summed E-state index contributed by atoms with van der Waals surface area (Å²) in [7, 11) is 0. The minimum absolute atomic E-state index is 0.0161. The first-order valence-electron chi connectivity index (χ1n) is 6.05. The molecule has 0 aliphatic carbocycles. The van der Waals surface area contributed by atoms with Gasteiger partial charge < -0.3 is 0 Å². The van der Waals surface area contributed by atoms with E-state index in [4.69, 9.17) is 12.2 Å². The maximum absolute atomic E-state index is 12.1. The van der Waals surface area contributed by atoms with Crippen LogP contribution in [0.3, 0.4) is 0 Å². The third kappa shape index (κ3) is 2.36. The van der Waals surface area contributed by atoms with E-state index in [1.165, 1.54) is 23.7 Å². The molecule has 3 aliphatic rings. The van der Waals surface area contributed by atoms with Gasteiger partial charge in [-0.2, -0.15) is 4.40 Å². The Balaban J connectivity index is 1.80. The van der Waals surface area contributed by atoms with Gasteiger partial charge in [-0.3, -0.25) is 14.6 Å². The van der Waals surface area contributed by atoms with E-state index in [0.29, 0.717) is 15.8 Å². The van der Waals surface area contributed by atoms with Crippen molar-refractivity contribution in [3.05, 3.63) is 46.5 Å². The normalized spacial score (nSPS) is 25.1. The lowest BCUT2D eigenvalue weighted by Crippen LogP contribution is -2.27. The number of likely N-dealkylation sites (N-methyl/N-ethyl adjacent to an activating group) is 1. The Hall–Kier alpha value is -1.31. The van der Waals surface area contributed by atoms with Crippen LogP contribution in [0.5, 0.6) is 0 Å². The van der Waals surface area contributed by atoms with Crippen LogP contribution in [0.1, 0.15) is 6.92 Å². The minimum atomic E-state index is -0.0161. The Kier molecular flexibility index (Phi) is 3.82. The van der Waals surface area contributed by atoms with Crippen LogP contribution in [0.25, 0.3) is 0 Å². The molecule has 20 heavy (non-hydrogen) atoms. The standard InChI is InChI=1S/C13H11N3OS3/c1-2-15-12(17)9(19-13(15)18)6-7-11-16-8-4-3-5-10(16)14-20-11/h3-8H,2H2,1H3/b9-6-,11-7-. The van der Waals surface area contributed by atoms with Crippen LogP contribution < -0.4 is 0 Å². The van der Waals surface area contributed by atoms with Crippen LogP contribution in [0.4, 0.5) is 0 Å². The fraction of sp³-hybridized carbons (Fsp3) is 0.154. The summed E-state index contributed by atoms with van der Waals surface area (Å²) in [6, 6.07) is 0. The number of allylic oxidation sites excluding steroid dienone is 4. The third-order valence-electron chi connectivity index (χ3n) is 2.88. The van der Waals surface area contributed by atoms with E-state index in [-0.39, 0.29) is 5.91 Å². The molecule has 0 radical (unpaired) electrons. The van der Waals surface area contributed by atoms with Crippen molar-refractivity contribution >= 4 is 52.0 Å². The molecule has 3 rings (SSSR count). The molecule has 0 aromatic rings. The fourth-order valence-electron chi connectivity index (χ4n) is 1.88. The number of hydrogen-bond acceptors (Lipinski definition) is 6. The maximum Gasteiger partial charge on any atom is 0.266 e. The average Bonchev–Trinajstić information content (AvgIpc) is 2.98. The molecule has 0 N–H and O–H groups in total. The highest BCUT2D eigenvalue weighted by atomic mass is 32.2. The maximum atomic E-state index is 12.1. The molecule has 0 bridgehead atoms. The molecule has 0 aromatic heterocycles. The quantitative estimate of drug-likeness (QED) is 0.444. The van der Waals surface area contributed by atoms with Gasteiger partial charge in [-0.25, -0.2) is 0 Å². The first-order chi connectivity index (χ1) is 9.70. The van der Waals surface area contributed by atoms with Gasteiger partial charge >= 0.3 is 0 Å². The van der Waals surface area contributed by atoms with E-state index in [1.54, 1.807) is 4.90 Å². The number of carbonyl (C=O) groups is 1. The van der Waals surface area contributed by atoms with Crippen molar-refractivity contribution in [3.63, 3.8) is 0 Å². The summed E-state index contributed by atoms with van der Waals surface area (Å²) in [6.07, 6.45) is 11.5. The monoisotopic (exact) mass is 321 g/mol. The van der Waals surface area contributed by atoms with Gasteiger partial charge in [0.1, 0.15) is 15.2 Å². The van der Waals surface area contributed by atoms with E-state index in [0.717, 1.165) is 10.9 Å². The summed E-state index contributed by atoms with van der Waals surface area (Å²) in [5.41, 5.74) is 0. The number of nitrogens with zero attached hydrogens (tertiary/aromatic N) is 3. The summed E-state index contributed by atoms with van der Waals surface area (Å²) in [5.74, 6) is 0.885. The second kappa shape index (κ2) is 5.59. The van der Waals surface area contributed by atoms with E-state index in [1.807, 2.05) is 48.4 Å². The molecule has 7 heteroatoms. The zero-order valence-electron chi connectivity index (χ0n) is 10.6. The highest BCUT2D eigenvalue weighted by Gasteiger charge is 2.30. The van der Waals surface area contributed by atoms with E-state index in [2.05, 4.69) is 4.40 Å². The average molecular weight is 321 g/mol. The first-order valence-corrected chi connectivity index (χ1v) is 8.05. The summed E-state index contributed by atoms with van der Waals surface area (Å²) >= 11 is 7.93. The van der Waals surface area contributed by atoms with Crippen LogP contribution in [0.15, 0.2) is 50.9 Å². The predicted octanol–water partition coefficient (Wildman–Crippen LogP) is 3.04. The highest BCUT2D eigenvalue weighted by Crippen LogP contribution is 2.34. The van der Waals surface area contributed by atoms with Crippen molar-refractivity contribution in [2.24, 2.45) is 4.40 Å². The minimum Gasteiger partial charge on any atom is -0.294 e. The van der Waals surface area contributed by atoms with Crippen molar-refractivity contribution in [3.8, 4) is 0 Å². The Morgan fingerprint density at radius 3 is 3.00 bits per heavy atom. The zero-order chi connectivity index (χ0) is 14.1. The molecule has 3 heterocycles. The molecule has 1 amide bonds. The van der Waals surface area contributed by atoms with Crippen LogP contribution in [0, 0.1) is 0 Å². The molecule has 1 fully saturated rings. The smallest absolute Gasteiger partial charge is 0.266 e. The van der Waals surface area contributed by atoms with E-state index < -0.39 is 0 Å². The van der Waals surface area contributed by atoms with Gasteiger partial charge in [0.05, 0.1) is 4.91 Å². The van der Waals surface area contributed by atoms with Crippen LogP contribution in [0.2, 0.25) is 0 Å². The van der Waals surface area contributed by atoms with Crippen LogP contribution in [-0.2, 0) is 4.79 Å². The Morgan fingerprint density at radius 1 is 1.40 bits per heavy atom. The molecule has 4 nitrogen and oxygen atoms in total. The van der Waals surface area contributed by atoms with Crippen LogP contribution >= 0.6 is 35.9 Å². The SMILES string of the molecule is CCN1C(=O)/C(=C/C=C2\SN=C3C=CC=CN32)SC1=S. The van der Waals surface area contributed by atoms with Gasteiger partial charge in [0.2, 0.25) is 0 Å². The second-order valence-corrected chi connectivity index (χ2v) is 6.52. The molecule has 0 aromatic carbocycles. The lowest BCUT2D eigenvalue weighted by molar-refractivity contribution is -0.122. The summed E-state index contributed by atoms with van der Waals surface area (Å²) in [4.78, 5) is 16.3. The number of fused-ring (bicyclic) bond motifs is 1. The second-order valence-electron chi connectivity index (χ2n) is 4.06. The molecule has 1 saturated heterocycles. The van der Waals surface area contributed by atoms with Gasteiger partial charge in [0.15, 0.2) is 0 Å². The Morgan fingerprint density at radius 2 is 2.25 bits per heavy atom. The number of thiocarbonyl (C=S) groups is 1. The molecular formula is C13H11N3OS3. The predicted molar refractivity (Wildman–Crippen MR) is 88.9 cm³/mol. The highest BCUT2D eigenvalue weighted by molar-refractivity contribution is 8.26. The van der Waals surface area contributed by atoms with Crippen molar-refractivity contribution < 1.29 is 4.79 Å². The van der Waals surface area contributed by atoms with E-state index in [9.17, 15) is 4.79 Å². The zero-order valence-corrected chi connectivity index (χ0v) is 13.1. The van der Waals surface area contributed by atoms with Gasteiger partial charge in [0, 0.05) is 24.7 Å². The number of carbonyl (C=O) groups excluding carboxylic acids is 1. The summed E-state index contributed by atoms with van der Waals surface area (Å²) < 4.78 is 4.97. The summed E-state index contributed by atoms with van der Waals surface area (Å²) in [6.45, 7) is 2.53. The summed E-state index contributed by atoms with van der Waals surface area (Å²) in [5, 5.41) is 0.974. The Bertz CT molecular complexity index is 631. The topological polar surface area (TPSA) is 35.9 Å². The lowest BCUT2D eigenvalue weighted by Gasteiger charge is -2.15. The molecule has 0 atom stereocenters. The van der Waals surface area contributed by atoms with Crippen molar-refractivity contribution in [2.75, 3.05) is 6.54 Å². The van der Waals surface area contributed by atoms with E-state index >= 15 is 0 Å². The lowest BCUT2D eigenvalue weighted by atomic mass is 10.3. The van der Waals surface area contributed by atoms with Gasteiger partial charge in [-0.1, -0.05) is 30.1 Å². The van der Waals surface area contributed by atoms with Crippen molar-refractivity contribution in [1.82, 2.24) is 9.80 Å². The number of amides is 1. The Labute approximate surface area is 131 Å². The van der Waals surface area contributed by atoms with Gasteiger partial charge in [0.25, 0.3) is 5.91 Å². The molecular weight excluding hydrogens is 310 g/mol. The van der Waals surface area contributed by atoms with Crippen molar-refractivity contribution in [2.45, 2.75) is 6.92 Å². The molecule has 3 aliphatic heterocycles. The largest absolute Gasteiger partial charge is 0.294 e. The number of hydrogen-bond donors (Lipinski definition) is 0. The van der Waals surface area contributed by atoms with Gasteiger partial charge in [-0.15, -0.1) is 0 Å². The number of amidine groups is 1. The molecule has 0 unspecified atom stereocenters. The molecule has 0 saturated carbocycles. The number of rotatable bonds is 2. The first kappa shape index (κ1) is 13.7. The third-order valence-corrected chi connectivity index (χ3v) is 5.07. The van der Waals surface area contributed by atoms with Crippen molar-refractivity contribution in [1.29, 1.82) is 0 Å². The fourth-order valence-corrected chi connectivity index (χ4v) is 3.91.